The number of rotatable bonds is 5. The third-order valence-corrected chi connectivity index (χ3v) is 3.91. The number of carbonyl (C=O) groups is 3. The summed E-state index contributed by atoms with van der Waals surface area (Å²) in [6.45, 7) is 3.00. The minimum atomic E-state index is -1.31. The number of thiocarbonyl (C=S) groups is 1. The SMILES string of the molecule is CC1(C)C(=O)NC(=S)NN1C(CC(=O)O)C(=O)Nc1ccccc1F. The number of hydrogen-bond acceptors (Lipinski definition) is 5. The highest BCUT2D eigenvalue weighted by Crippen LogP contribution is 2.22. The van der Waals surface area contributed by atoms with Crippen molar-refractivity contribution in [3.63, 3.8) is 0 Å². The van der Waals surface area contributed by atoms with Crippen LogP contribution in [0.3, 0.4) is 0 Å². The molecule has 134 valence electrons. The van der Waals surface area contributed by atoms with Gasteiger partial charge in [-0.25, -0.2) is 4.39 Å². The Kier molecular flexibility index (Phi) is 5.33. The van der Waals surface area contributed by atoms with Crippen molar-refractivity contribution in [2.24, 2.45) is 0 Å². The summed E-state index contributed by atoms with van der Waals surface area (Å²) in [5.74, 6) is -3.21. The lowest BCUT2D eigenvalue weighted by Crippen LogP contribution is -2.73. The number of carboxylic acid groups (broad SMARTS) is 1. The molecular weight excluding hydrogens is 351 g/mol. The average Bonchev–Trinajstić information content (AvgIpc) is 2.51. The standard InChI is InChI=1S/C15H17FN4O4S/c1-15(2)13(24)18-14(25)19-20(15)10(7-11(21)22)12(23)17-9-6-4-3-5-8(9)16/h3-6,10H,7H2,1-2H3,(H,17,23)(H,21,22)(H2,18,19,24,25). The normalized spacial score (nSPS) is 18.0. The van der Waals surface area contributed by atoms with Crippen molar-refractivity contribution in [1.29, 1.82) is 0 Å². The van der Waals surface area contributed by atoms with E-state index in [9.17, 15) is 18.8 Å². The van der Waals surface area contributed by atoms with Gasteiger partial charge in [0.25, 0.3) is 0 Å². The van der Waals surface area contributed by atoms with Crippen molar-refractivity contribution in [2.45, 2.75) is 31.8 Å². The van der Waals surface area contributed by atoms with Gasteiger partial charge in [-0.3, -0.25) is 19.8 Å². The maximum atomic E-state index is 13.7. The molecule has 10 heteroatoms. The second kappa shape index (κ2) is 7.11. The number of hydrazine groups is 1. The molecule has 1 aliphatic heterocycles. The number of halogens is 1. The second-order valence-corrected chi connectivity index (χ2v) is 6.32. The van der Waals surface area contributed by atoms with Crippen molar-refractivity contribution in [2.75, 3.05) is 5.32 Å². The maximum absolute atomic E-state index is 13.7. The summed E-state index contributed by atoms with van der Waals surface area (Å²) in [6, 6.07) is 4.18. The molecule has 0 spiro atoms. The maximum Gasteiger partial charge on any atom is 0.305 e. The fraction of sp³-hybridized carbons (Fsp3) is 0.333. The number of aliphatic carboxylic acids is 1. The monoisotopic (exact) mass is 368 g/mol. The van der Waals surface area contributed by atoms with E-state index < -0.39 is 41.6 Å². The third-order valence-electron chi connectivity index (χ3n) is 3.72. The van der Waals surface area contributed by atoms with Gasteiger partial charge in [-0.15, -0.1) is 0 Å². The molecule has 1 atom stereocenters. The fourth-order valence-electron chi connectivity index (χ4n) is 2.36. The van der Waals surface area contributed by atoms with Crippen LogP contribution in [-0.4, -0.2) is 44.6 Å². The van der Waals surface area contributed by atoms with Gasteiger partial charge in [0.15, 0.2) is 5.11 Å². The van der Waals surface area contributed by atoms with Crippen LogP contribution in [0.25, 0.3) is 0 Å². The van der Waals surface area contributed by atoms with E-state index >= 15 is 0 Å². The van der Waals surface area contributed by atoms with Crippen LogP contribution in [0.2, 0.25) is 0 Å². The first-order chi connectivity index (χ1) is 11.6. The van der Waals surface area contributed by atoms with E-state index in [1.807, 2.05) is 0 Å². The number of carbonyl (C=O) groups excluding carboxylic acids is 2. The molecule has 2 rings (SSSR count). The molecule has 0 radical (unpaired) electrons. The topological polar surface area (TPSA) is 111 Å². The van der Waals surface area contributed by atoms with E-state index in [0.717, 1.165) is 6.07 Å². The predicted molar refractivity (Wildman–Crippen MR) is 90.9 cm³/mol. The summed E-state index contributed by atoms with van der Waals surface area (Å²) in [5, 5.41) is 15.0. The van der Waals surface area contributed by atoms with Gasteiger partial charge >= 0.3 is 5.97 Å². The summed E-state index contributed by atoms with van der Waals surface area (Å²) >= 11 is 4.91. The molecule has 0 aromatic heterocycles. The van der Waals surface area contributed by atoms with Crippen LogP contribution >= 0.6 is 12.2 Å². The summed E-state index contributed by atoms with van der Waals surface area (Å²) < 4.78 is 13.7. The van der Waals surface area contributed by atoms with Crippen LogP contribution in [0, 0.1) is 5.82 Å². The number of nitrogens with one attached hydrogen (secondary N) is 3. The van der Waals surface area contributed by atoms with Crippen molar-refractivity contribution >= 4 is 40.8 Å². The third kappa shape index (κ3) is 4.09. The Morgan fingerprint density at radius 3 is 2.64 bits per heavy atom. The average molecular weight is 368 g/mol. The van der Waals surface area contributed by atoms with Gasteiger partial charge in [-0.1, -0.05) is 12.1 Å². The number of anilines is 1. The lowest BCUT2D eigenvalue weighted by Gasteiger charge is -2.44. The number of hydrogen-bond donors (Lipinski definition) is 4. The van der Waals surface area contributed by atoms with Crippen molar-refractivity contribution in [1.82, 2.24) is 15.8 Å². The fourth-order valence-corrected chi connectivity index (χ4v) is 2.55. The Morgan fingerprint density at radius 2 is 2.04 bits per heavy atom. The highest BCUT2D eigenvalue weighted by atomic mass is 32.1. The van der Waals surface area contributed by atoms with E-state index in [1.54, 1.807) is 0 Å². The van der Waals surface area contributed by atoms with Crippen LogP contribution in [0.15, 0.2) is 24.3 Å². The van der Waals surface area contributed by atoms with Gasteiger partial charge in [0.05, 0.1) is 12.1 Å². The summed E-state index contributed by atoms with van der Waals surface area (Å²) in [6.07, 6.45) is -0.618. The molecule has 4 N–H and O–H groups in total. The number of para-hydroxylation sites is 1. The molecule has 1 aromatic rings. The number of amides is 2. The smallest absolute Gasteiger partial charge is 0.305 e. The Labute approximate surface area is 148 Å². The summed E-state index contributed by atoms with van der Waals surface area (Å²) in [7, 11) is 0. The van der Waals surface area contributed by atoms with Crippen LogP contribution in [0.4, 0.5) is 10.1 Å². The van der Waals surface area contributed by atoms with Gasteiger partial charge in [0, 0.05) is 0 Å². The Morgan fingerprint density at radius 1 is 1.40 bits per heavy atom. The minimum absolute atomic E-state index is 0.0570. The zero-order valence-electron chi connectivity index (χ0n) is 13.5. The number of benzene rings is 1. The predicted octanol–water partition coefficient (Wildman–Crippen LogP) is 0.607. The molecule has 1 heterocycles. The van der Waals surface area contributed by atoms with E-state index in [4.69, 9.17) is 17.3 Å². The van der Waals surface area contributed by atoms with Gasteiger partial charge in [0.1, 0.15) is 17.4 Å². The van der Waals surface area contributed by atoms with Gasteiger partial charge in [0.2, 0.25) is 11.8 Å². The molecule has 25 heavy (non-hydrogen) atoms. The lowest BCUT2D eigenvalue weighted by molar-refractivity contribution is -0.148. The molecule has 1 fully saturated rings. The highest BCUT2D eigenvalue weighted by Gasteiger charge is 2.46. The zero-order valence-corrected chi connectivity index (χ0v) is 14.3. The summed E-state index contributed by atoms with van der Waals surface area (Å²) in [5.41, 5.74) is 1.28. The van der Waals surface area contributed by atoms with Crippen molar-refractivity contribution in [3.05, 3.63) is 30.1 Å². The number of nitrogens with zero attached hydrogens (tertiary/aromatic N) is 1. The molecule has 8 nitrogen and oxygen atoms in total. The van der Waals surface area contributed by atoms with Crippen molar-refractivity contribution in [3.8, 4) is 0 Å². The Hall–Kier alpha value is -2.59. The minimum Gasteiger partial charge on any atom is -0.481 e. The molecular formula is C15H17FN4O4S. The molecule has 1 aromatic carbocycles. The second-order valence-electron chi connectivity index (χ2n) is 5.91. The Balaban J connectivity index is 2.33. The molecule has 0 bridgehead atoms. The quantitative estimate of drug-likeness (QED) is 0.564. The zero-order chi connectivity index (χ0) is 18.8. The van der Waals surface area contributed by atoms with E-state index in [-0.39, 0.29) is 10.8 Å². The lowest BCUT2D eigenvalue weighted by atomic mass is 9.98. The molecule has 0 aliphatic carbocycles. The van der Waals surface area contributed by atoms with E-state index in [2.05, 4.69) is 16.1 Å². The van der Waals surface area contributed by atoms with Gasteiger partial charge < -0.3 is 15.7 Å². The first-order valence-corrected chi connectivity index (χ1v) is 7.72. The largest absolute Gasteiger partial charge is 0.481 e. The number of carboxylic acids is 1. The van der Waals surface area contributed by atoms with E-state index in [1.165, 1.54) is 37.1 Å². The Bertz CT molecular complexity index is 740. The molecule has 1 unspecified atom stereocenters. The van der Waals surface area contributed by atoms with Crippen LogP contribution in [0.1, 0.15) is 20.3 Å². The van der Waals surface area contributed by atoms with Crippen molar-refractivity contribution < 1.29 is 23.9 Å². The molecule has 2 amide bonds. The van der Waals surface area contributed by atoms with Crippen LogP contribution < -0.4 is 16.1 Å². The molecule has 1 saturated heterocycles. The highest BCUT2D eigenvalue weighted by molar-refractivity contribution is 7.80. The first-order valence-electron chi connectivity index (χ1n) is 7.31. The van der Waals surface area contributed by atoms with Gasteiger partial charge in [-0.2, -0.15) is 5.01 Å². The summed E-state index contributed by atoms with van der Waals surface area (Å²) in [4.78, 5) is 36.0. The van der Waals surface area contributed by atoms with Crippen LogP contribution in [-0.2, 0) is 14.4 Å². The first kappa shape index (κ1) is 18.7. The molecule has 1 aliphatic rings. The van der Waals surface area contributed by atoms with Gasteiger partial charge in [-0.05, 0) is 38.2 Å². The van der Waals surface area contributed by atoms with E-state index in [0.29, 0.717) is 0 Å². The molecule has 0 saturated carbocycles. The van der Waals surface area contributed by atoms with Crippen LogP contribution in [0.5, 0.6) is 0 Å².